The first-order valence-electron chi connectivity index (χ1n) is 7.09. The largest absolute Gasteiger partial charge is 0.496 e. The highest BCUT2D eigenvalue weighted by Gasteiger charge is 2.31. The molecule has 1 aromatic heterocycles. The van der Waals surface area contributed by atoms with E-state index in [-0.39, 0.29) is 11.9 Å². The highest BCUT2D eigenvalue weighted by atomic mass is 79.9. The number of carbonyl (C=O) groups is 1. The van der Waals surface area contributed by atoms with Gasteiger partial charge in [0.25, 0.3) is 5.91 Å². The molecule has 0 radical (unpaired) electrons. The molecule has 0 saturated carbocycles. The Morgan fingerprint density at radius 1 is 1.45 bits per heavy atom. The summed E-state index contributed by atoms with van der Waals surface area (Å²) < 4.78 is 11.2. The predicted octanol–water partition coefficient (Wildman–Crippen LogP) is 2.84. The first-order chi connectivity index (χ1) is 10.7. The SMILES string of the molecule is COc1ccccc1C1CNCCN1C(=O)c1coc(Br)c1. The summed E-state index contributed by atoms with van der Waals surface area (Å²) in [6, 6.07) is 9.44. The molecule has 2 aromatic rings. The van der Waals surface area contributed by atoms with Crippen molar-refractivity contribution in [3.05, 3.63) is 52.4 Å². The van der Waals surface area contributed by atoms with Crippen LogP contribution in [0.3, 0.4) is 0 Å². The molecule has 6 heteroatoms. The Hall–Kier alpha value is -1.79. The van der Waals surface area contributed by atoms with Crippen LogP contribution in [0, 0.1) is 0 Å². The van der Waals surface area contributed by atoms with Gasteiger partial charge in [-0.3, -0.25) is 4.79 Å². The van der Waals surface area contributed by atoms with Gasteiger partial charge < -0.3 is 19.4 Å². The number of hydrogen-bond donors (Lipinski definition) is 1. The van der Waals surface area contributed by atoms with Gasteiger partial charge in [0.15, 0.2) is 4.67 Å². The number of hydrogen-bond acceptors (Lipinski definition) is 4. The molecule has 22 heavy (non-hydrogen) atoms. The third-order valence-corrected chi connectivity index (χ3v) is 4.23. The number of piperazine rings is 1. The number of carbonyl (C=O) groups excluding carboxylic acids is 1. The van der Waals surface area contributed by atoms with Gasteiger partial charge in [0.2, 0.25) is 0 Å². The van der Waals surface area contributed by atoms with Crippen molar-refractivity contribution in [2.45, 2.75) is 6.04 Å². The third-order valence-electron chi connectivity index (χ3n) is 3.82. The molecule has 1 aliphatic heterocycles. The summed E-state index contributed by atoms with van der Waals surface area (Å²) in [4.78, 5) is 14.6. The lowest BCUT2D eigenvalue weighted by molar-refractivity contribution is 0.0631. The van der Waals surface area contributed by atoms with Crippen molar-refractivity contribution < 1.29 is 13.9 Å². The lowest BCUT2D eigenvalue weighted by Crippen LogP contribution is -2.48. The van der Waals surface area contributed by atoms with Crippen LogP contribution in [0.1, 0.15) is 22.0 Å². The van der Waals surface area contributed by atoms with E-state index in [9.17, 15) is 4.79 Å². The molecular formula is C16H17BrN2O3. The Morgan fingerprint density at radius 3 is 3.00 bits per heavy atom. The van der Waals surface area contributed by atoms with Crippen LogP contribution in [0.5, 0.6) is 5.75 Å². The van der Waals surface area contributed by atoms with E-state index >= 15 is 0 Å². The number of para-hydroxylation sites is 1. The van der Waals surface area contributed by atoms with Crippen molar-refractivity contribution in [2.75, 3.05) is 26.7 Å². The summed E-state index contributed by atoms with van der Waals surface area (Å²) in [7, 11) is 1.65. The van der Waals surface area contributed by atoms with Crippen LogP contribution in [-0.2, 0) is 0 Å². The number of ether oxygens (including phenoxy) is 1. The molecule has 1 N–H and O–H groups in total. The number of halogens is 1. The predicted molar refractivity (Wildman–Crippen MR) is 86.0 cm³/mol. The molecule has 1 saturated heterocycles. The van der Waals surface area contributed by atoms with E-state index in [1.54, 1.807) is 13.2 Å². The third kappa shape index (κ3) is 2.89. The molecule has 1 amide bonds. The lowest BCUT2D eigenvalue weighted by atomic mass is 10.0. The van der Waals surface area contributed by atoms with E-state index in [0.29, 0.717) is 23.3 Å². The Kier molecular flexibility index (Phi) is 4.49. The summed E-state index contributed by atoms with van der Waals surface area (Å²) in [6.45, 7) is 2.12. The molecule has 1 fully saturated rings. The molecule has 0 bridgehead atoms. The van der Waals surface area contributed by atoms with E-state index in [4.69, 9.17) is 9.15 Å². The van der Waals surface area contributed by atoms with Crippen LogP contribution in [-0.4, -0.2) is 37.6 Å². The second-order valence-electron chi connectivity index (χ2n) is 5.10. The lowest BCUT2D eigenvalue weighted by Gasteiger charge is -2.36. The Morgan fingerprint density at radius 2 is 2.27 bits per heavy atom. The molecule has 0 aliphatic carbocycles. The Bertz CT molecular complexity index is 671. The number of benzene rings is 1. The van der Waals surface area contributed by atoms with Crippen LogP contribution >= 0.6 is 15.9 Å². The fourth-order valence-corrected chi connectivity index (χ4v) is 3.10. The minimum atomic E-state index is -0.0638. The van der Waals surface area contributed by atoms with Gasteiger partial charge in [0.05, 0.1) is 18.7 Å². The number of nitrogens with zero attached hydrogens (tertiary/aromatic N) is 1. The highest BCUT2D eigenvalue weighted by Crippen LogP contribution is 2.31. The molecule has 1 aliphatic rings. The summed E-state index contributed by atoms with van der Waals surface area (Å²) in [5.41, 5.74) is 1.56. The smallest absolute Gasteiger partial charge is 0.257 e. The molecule has 2 heterocycles. The molecule has 116 valence electrons. The van der Waals surface area contributed by atoms with Gasteiger partial charge in [-0.05, 0) is 22.0 Å². The zero-order valence-electron chi connectivity index (χ0n) is 12.2. The summed E-state index contributed by atoms with van der Waals surface area (Å²) in [5.74, 6) is 0.759. The van der Waals surface area contributed by atoms with Crippen LogP contribution < -0.4 is 10.1 Å². The summed E-state index contributed by atoms with van der Waals surface area (Å²) in [6.07, 6.45) is 1.48. The van der Waals surface area contributed by atoms with Crippen molar-refractivity contribution in [3.63, 3.8) is 0 Å². The fourth-order valence-electron chi connectivity index (χ4n) is 2.76. The van der Waals surface area contributed by atoms with Crippen molar-refractivity contribution in [1.29, 1.82) is 0 Å². The van der Waals surface area contributed by atoms with Gasteiger partial charge in [-0.2, -0.15) is 0 Å². The first kappa shape index (κ1) is 15.1. The number of methoxy groups -OCH3 is 1. The fraction of sp³-hybridized carbons (Fsp3) is 0.312. The maximum atomic E-state index is 12.8. The zero-order valence-corrected chi connectivity index (χ0v) is 13.8. The number of furan rings is 1. The average molecular weight is 365 g/mol. The van der Waals surface area contributed by atoms with E-state index < -0.39 is 0 Å². The van der Waals surface area contributed by atoms with Crippen LogP contribution in [0.25, 0.3) is 0 Å². The second kappa shape index (κ2) is 6.54. The van der Waals surface area contributed by atoms with E-state index in [0.717, 1.165) is 17.9 Å². The van der Waals surface area contributed by atoms with Gasteiger partial charge in [0.1, 0.15) is 12.0 Å². The number of rotatable bonds is 3. The minimum absolute atomic E-state index is 0.0353. The topological polar surface area (TPSA) is 54.7 Å². The van der Waals surface area contributed by atoms with Crippen molar-refractivity contribution in [1.82, 2.24) is 10.2 Å². The monoisotopic (exact) mass is 364 g/mol. The second-order valence-corrected chi connectivity index (χ2v) is 5.88. The summed E-state index contributed by atoms with van der Waals surface area (Å²) in [5, 5.41) is 3.34. The molecule has 0 spiro atoms. The Labute approximate surface area is 137 Å². The minimum Gasteiger partial charge on any atom is -0.496 e. The van der Waals surface area contributed by atoms with Crippen molar-refractivity contribution >= 4 is 21.8 Å². The number of amides is 1. The van der Waals surface area contributed by atoms with E-state index in [2.05, 4.69) is 21.2 Å². The van der Waals surface area contributed by atoms with Gasteiger partial charge in [-0.1, -0.05) is 18.2 Å². The maximum Gasteiger partial charge on any atom is 0.257 e. The molecular weight excluding hydrogens is 348 g/mol. The van der Waals surface area contributed by atoms with E-state index in [1.165, 1.54) is 6.26 Å². The van der Waals surface area contributed by atoms with Gasteiger partial charge >= 0.3 is 0 Å². The van der Waals surface area contributed by atoms with Crippen LogP contribution in [0.2, 0.25) is 0 Å². The average Bonchev–Trinajstić information content (AvgIpc) is 3.00. The van der Waals surface area contributed by atoms with Gasteiger partial charge in [0, 0.05) is 31.3 Å². The molecule has 3 rings (SSSR count). The summed E-state index contributed by atoms with van der Waals surface area (Å²) >= 11 is 3.24. The van der Waals surface area contributed by atoms with Crippen molar-refractivity contribution in [3.8, 4) is 5.75 Å². The van der Waals surface area contributed by atoms with Crippen LogP contribution in [0.15, 0.2) is 45.7 Å². The maximum absolute atomic E-state index is 12.8. The molecule has 1 atom stereocenters. The molecule has 5 nitrogen and oxygen atoms in total. The molecule has 1 unspecified atom stereocenters. The van der Waals surface area contributed by atoms with Crippen LogP contribution in [0.4, 0.5) is 0 Å². The van der Waals surface area contributed by atoms with E-state index in [1.807, 2.05) is 29.2 Å². The molecule has 1 aromatic carbocycles. The zero-order chi connectivity index (χ0) is 15.5. The normalized spacial score (nSPS) is 18.3. The van der Waals surface area contributed by atoms with Gasteiger partial charge in [-0.15, -0.1) is 0 Å². The van der Waals surface area contributed by atoms with Gasteiger partial charge in [-0.25, -0.2) is 0 Å². The van der Waals surface area contributed by atoms with Crippen molar-refractivity contribution in [2.24, 2.45) is 0 Å². The first-order valence-corrected chi connectivity index (χ1v) is 7.88. The standard InChI is InChI=1S/C16H17BrN2O3/c1-21-14-5-3-2-4-12(14)13-9-18-6-7-19(13)16(20)11-8-15(17)22-10-11/h2-5,8,10,13,18H,6-7,9H2,1H3. The number of nitrogens with one attached hydrogen (secondary N) is 1. The quantitative estimate of drug-likeness (QED) is 0.909. The highest BCUT2D eigenvalue weighted by molar-refractivity contribution is 9.10. The Balaban J connectivity index is 1.93.